The van der Waals surface area contributed by atoms with Crippen LogP contribution in [0.4, 0.5) is 4.79 Å². The molecule has 12 nitrogen and oxygen atoms in total. The van der Waals surface area contributed by atoms with Crippen LogP contribution in [0.5, 0.6) is 0 Å². The number of aliphatic hydroxyl groups excluding tert-OH is 1. The van der Waals surface area contributed by atoms with E-state index in [1.807, 2.05) is 44.2 Å². The Morgan fingerprint density at radius 3 is 2.05 bits per heavy atom. The van der Waals surface area contributed by atoms with Crippen LogP contribution < -0.4 is 26.6 Å². The largest absolute Gasteiger partial charge is 0.444 e. The molecule has 0 aromatic heterocycles. The summed E-state index contributed by atoms with van der Waals surface area (Å²) in [7, 11) is 0. The zero-order valence-electron chi connectivity index (χ0n) is 23.6. The maximum absolute atomic E-state index is 12.8. The maximum Gasteiger partial charge on any atom is 0.408 e. The van der Waals surface area contributed by atoms with Gasteiger partial charge in [0, 0.05) is 13.0 Å². The van der Waals surface area contributed by atoms with E-state index in [1.165, 1.54) is 6.92 Å². The average Bonchev–Trinajstić information content (AvgIpc) is 2.84. The molecular formula is C27H43N5O7. The van der Waals surface area contributed by atoms with Crippen LogP contribution in [0.2, 0.25) is 0 Å². The maximum atomic E-state index is 12.8. The molecule has 0 spiro atoms. The highest BCUT2D eigenvalue weighted by Gasteiger charge is 2.28. The van der Waals surface area contributed by atoms with Crippen molar-refractivity contribution < 1.29 is 33.8 Å². The normalized spacial score (nSPS) is 13.4. The minimum Gasteiger partial charge on any atom is -0.444 e. The predicted octanol–water partition coefficient (Wildman–Crippen LogP) is 0.383. The van der Waals surface area contributed by atoms with Gasteiger partial charge in [0.25, 0.3) is 0 Å². The van der Waals surface area contributed by atoms with Crippen molar-refractivity contribution in [1.29, 1.82) is 0 Å². The van der Waals surface area contributed by atoms with Gasteiger partial charge in [-0.15, -0.1) is 0 Å². The Balaban J connectivity index is 2.70. The van der Waals surface area contributed by atoms with Crippen molar-refractivity contribution in [2.24, 2.45) is 5.92 Å². The third-order valence-corrected chi connectivity index (χ3v) is 5.24. The van der Waals surface area contributed by atoms with E-state index in [0.29, 0.717) is 6.42 Å². The molecule has 3 atom stereocenters. The van der Waals surface area contributed by atoms with Crippen molar-refractivity contribution in [3.05, 3.63) is 35.9 Å². The SMILES string of the molecule is CC(C)C[C@H](NC(=O)OC(C)(C)C)C(=O)N[C@H](C)C(=O)NCC(=O)N[C@@H](Cc1ccccc1)C(=O)NCCO. The standard InChI is InChI=1S/C27H43N5O7/c1-17(2)14-20(32-26(38)39-27(4,5)6)25(37)30-18(3)23(35)29-16-22(34)31-21(24(36)28-12-13-33)15-19-10-8-7-9-11-19/h7-11,17-18,20-21,33H,12-16H2,1-6H3,(H,28,36)(H,29,35)(H,30,37)(H,31,34)(H,32,38)/t18-,20+,21+/m1/s1. The summed E-state index contributed by atoms with van der Waals surface area (Å²) >= 11 is 0. The fourth-order valence-electron chi connectivity index (χ4n) is 3.46. The van der Waals surface area contributed by atoms with E-state index in [0.717, 1.165) is 5.56 Å². The first kappa shape index (κ1) is 33.4. The molecule has 6 N–H and O–H groups in total. The number of hydrogen-bond donors (Lipinski definition) is 6. The number of carbonyl (C=O) groups excluding carboxylic acids is 5. The number of alkyl carbamates (subject to hydrolysis) is 1. The second-order valence-corrected chi connectivity index (χ2v) is 10.6. The Morgan fingerprint density at radius 2 is 1.49 bits per heavy atom. The number of amides is 5. The molecule has 0 heterocycles. The highest BCUT2D eigenvalue weighted by atomic mass is 16.6. The van der Waals surface area contributed by atoms with E-state index < -0.39 is 60.0 Å². The topological polar surface area (TPSA) is 175 Å². The molecule has 0 fully saturated rings. The fourth-order valence-corrected chi connectivity index (χ4v) is 3.46. The van der Waals surface area contributed by atoms with E-state index in [-0.39, 0.29) is 25.5 Å². The molecule has 0 aliphatic carbocycles. The van der Waals surface area contributed by atoms with E-state index in [9.17, 15) is 24.0 Å². The van der Waals surface area contributed by atoms with Gasteiger partial charge in [-0.1, -0.05) is 44.2 Å². The van der Waals surface area contributed by atoms with Crippen LogP contribution >= 0.6 is 0 Å². The lowest BCUT2D eigenvalue weighted by atomic mass is 10.0. The zero-order chi connectivity index (χ0) is 29.6. The molecule has 1 aromatic carbocycles. The van der Waals surface area contributed by atoms with Crippen molar-refractivity contribution in [3.63, 3.8) is 0 Å². The van der Waals surface area contributed by atoms with Crippen molar-refractivity contribution in [2.75, 3.05) is 19.7 Å². The molecule has 0 aliphatic rings. The van der Waals surface area contributed by atoms with Gasteiger partial charge in [0.2, 0.25) is 23.6 Å². The summed E-state index contributed by atoms with van der Waals surface area (Å²) < 4.78 is 5.23. The third-order valence-electron chi connectivity index (χ3n) is 5.24. The van der Waals surface area contributed by atoms with Crippen molar-refractivity contribution >= 4 is 29.7 Å². The molecule has 5 amide bonds. The molecule has 39 heavy (non-hydrogen) atoms. The minimum atomic E-state index is -1.01. The van der Waals surface area contributed by atoms with Gasteiger partial charge < -0.3 is 36.4 Å². The highest BCUT2D eigenvalue weighted by Crippen LogP contribution is 2.10. The van der Waals surface area contributed by atoms with Crippen LogP contribution in [0.3, 0.4) is 0 Å². The minimum absolute atomic E-state index is 0.0362. The average molecular weight is 550 g/mol. The molecule has 0 unspecified atom stereocenters. The molecule has 0 saturated carbocycles. The second kappa shape index (κ2) is 16.3. The predicted molar refractivity (Wildman–Crippen MR) is 145 cm³/mol. The Morgan fingerprint density at radius 1 is 0.846 bits per heavy atom. The van der Waals surface area contributed by atoms with Crippen LogP contribution in [-0.2, 0) is 30.3 Å². The van der Waals surface area contributed by atoms with Crippen LogP contribution in [-0.4, -0.2) is 78.3 Å². The second-order valence-electron chi connectivity index (χ2n) is 10.6. The zero-order valence-corrected chi connectivity index (χ0v) is 23.6. The van der Waals surface area contributed by atoms with Gasteiger partial charge in [0.05, 0.1) is 13.2 Å². The molecule has 1 aromatic rings. The molecule has 0 saturated heterocycles. The Kier molecular flexibility index (Phi) is 14.0. The van der Waals surface area contributed by atoms with E-state index >= 15 is 0 Å². The number of carbonyl (C=O) groups is 5. The number of aliphatic hydroxyl groups is 1. The molecule has 12 heteroatoms. The van der Waals surface area contributed by atoms with Gasteiger partial charge in [-0.25, -0.2) is 4.79 Å². The van der Waals surface area contributed by atoms with E-state index in [2.05, 4.69) is 26.6 Å². The number of rotatable bonds is 14. The highest BCUT2D eigenvalue weighted by molar-refractivity contribution is 5.93. The summed E-state index contributed by atoms with van der Waals surface area (Å²) in [5, 5.41) is 21.7. The molecule has 0 aliphatic heterocycles. The summed E-state index contributed by atoms with van der Waals surface area (Å²) in [6.45, 7) is 9.71. The van der Waals surface area contributed by atoms with Gasteiger partial charge in [-0.3, -0.25) is 19.2 Å². The van der Waals surface area contributed by atoms with Crippen LogP contribution in [0.15, 0.2) is 30.3 Å². The van der Waals surface area contributed by atoms with Gasteiger partial charge >= 0.3 is 6.09 Å². The van der Waals surface area contributed by atoms with Crippen molar-refractivity contribution in [1.82, 2.24) is 26.6 Å². The van der Waals surface area contributed by atoms with Gasteiger partial charge in [0.15, 0.2) is 0 Å². The summed E-state index contributed by atoms with van der Waals surface area (Å²) in [5.41, 5.74) is 0.0781. The molecule has 1 rings (SSSR count). The number of nitrogens with one attached hydrogen (secondary N) is 5. The first-order valence-electron chi connectivity index (χ1n) is 13.0. The van der Waals surface area contributed by atoms with Crippen LogP contribution in [0, 0.1) is 5.92 Å². The smallest absolute Gasteiger partial charge is 0.408 e. The quantitative estimate of drug-likeness (QED) is 0.194. The molecule has 0 bridgehead atoms. The lowest BCUT2D eigenvalue weighted by Gasteiger charge is -2.25. The lowest BCUT2D eigenvalue weighted by Crippen LogP contribution is -2.55. The first-order chi connectivity index (χ1) is 18.2. The Labute approximate surface area is 230 Å². The molecular weight excluding hydrogens is 506 g/mol. The van der Waals surface area contributed by atoms with Crippen molar-refractivity contribution in [2.45, 2.75) is 78.1 Å². The Hall–Kier alpha value is -3.67. The van der Waals surface area contributed by atoms with Crippen molar-refractivity contribution in [3.8, 4) is 0 Å². The fraction of sp³-hybridized carbons (Fsp3) is 0.593. The van der Waals surface area contributed by atoms with E-state index in [4.69, 9.17) is 9.84 Å². The summed E-state index contributed by atoms with van der Waals surface area (Å²) in [5.74, 6) is -2.19. The Bertz CT molecular complexity index is 963. The first-order valence-corrected chi connectivity index (χ1v) is 13.0. The van der Waals surface area contributed by atoms with Gasteiger partial charge in [-0.05, 0) is 45.6 Å². The summed E-state index contributed by atoms with van der Waals surface area (Å²) in [4.78, 5) is 62.6. The summed E-state index contributed by atoms with van der Waals surface area (Å²) in [6.07, 6.45) is -0.208. The van der Waals surface area contributed by atoms with Crippen LogP contribution in [0.25, 0.3) is 0 Å². The number of ether oxygens (including phenoxy) is 1. The number of benzene rings is 1. The molecule has 0 radical (unpaired) electrons. The van der Waals surface area contributed by atoms with Crippen LogP contribution in [0.1, 0.15) is 53.5 Å². The van der Waals surface area contributed by atoms with Gasteiger partial charge in [-0.2, -0.15) is 0 Å². The number of hydrogen-bond acceptors (Lipinski definition) is 7. The summed E-state index contributed by atoms with van der Waals surface area (Å²) in [6, 6.07) is 6.23. The molecule has 218 valence electrons. The van der Waals surface area contributed by atoms with Gasteiger partial charge in [0.1, 0.15) is 23.7 Å². The monoisotopic (exact) mass is 549 g/mol. The lowest BCUT2D eigenvalue weighted by molar-refractivity contribution is -0.131. The van der Waals surface area contributed by atoms with E-state index in [1.54, 1.807) is 20.8 Å². The third kappa shape index (κ3) is 14.2.